The zero-order valence-electron chi connectivity index (χ0n) is 31.8. The number of imidazole rings is 2. The Labute approximate surface area is 323 Å². The molecule has 0 radical (unpaired) electrons. The number of H-pyrrole nitrogens is 2. The Balaban J connectivity index is 0.915. The van der Waals surface area contributed by atoms with Gasteiger partial charge in [0.05, 0.1) is 41.8 Å². The minimum atomic E-state index is -0.315. The number of likely N-dealkylation sites (tertiary alicyclic amines) is 2. The molecule has 0 spiro atoms. The Kier molecular flexibility index (Phi) is 10.3. The summed E-state index contributed by atoms with van der Waals surface area (Å²) in [7, 11) is 0. The second-order valence-corrected chi connectivity index (χ2v) is 15.3. The molecule has 2 aromatic heterocycles. The van der Waals surface area contributed by atoms with Crippen molar-refractivity contribution in [2.75, 3.05) is 18.4 Å². The fourth-order valence-electron chi connectivity index (χ4n) is 8.16. The van der Waals surface area contributed by atoms with E-state index in [1.54, 1.807) is 0 Å². The van der Waals surface area contributed by atoms with Crippen LogP contribution in [0.25, 0.3) is 33.6 Å². The van der Waals surface area contributed by atoms with Crippen molar-refractivity contribution in [2.45, 2.75) is 70.5 Å². The molecule has 4 aromatic carbocycles. The van der Waals surface area contributed by atoms with Crippen molar-refractivity contribution in [3.63, 3.8) is 0 Å². The van der Waals surface area contributed by atoms with Crippen LogP contribution in [0.15, 0.2) is 122 Å². The molecule has 0 saturated carbocycles. The number of amides is 2. The van der Waals surface area contributed by atoms with Crippen LogP contribution < -0.4 is 5.32 Å². The van der Waals surface area contributed by atoms with Crippen molar-refractivity contribution >= 4 is 17.5 Å². The smallest absolute Gasteiger partial charge is 0.245 e. The van der Waals surface area contributed by atoms with Gasteiger partial charge < -0.3 is 25.1 Å². The normalized spacial score (nSPS) is 18.1. The number of benzene rings is 4. The Morgan fingerprint density at radius 3 is 1.56 bits per heavy atom. The summed E-state index contributed by atoms with van der Waals surface area (Å²) >= 11 is 0. The topological polar surface area (TPSA) is 110 Å². The third-order valence-electron chi connectivity index (χ3n) is 11.3. The van der Waals surface area contributed by atoms with E-state index in [0.717, 1.165) is 95.3 Å². The van der Waals surface area contributed by atoms with Gasteiger partial charge >= 0.3 is 0 Å². The van der Waals surface area contributed by atoms with Crippen molar-refractivity contribution in [1.82, 2.24) is 29.7 Å². The second-order valence-electron chi connectivity index (χ2n) is 15.3. The number of nitrogens with zero attached hydrogens (tertiary/aromatic N) is 4. The molecule has 55 heavy (non-hydrogen) atoms. The Hall–Kier alpha value is -5.96. The average molecular weight is 732 g/mol. The highest BCUT2D eigenvalue weighted by molar-refractivity contribution is 5.86. The van der Waals surface area contributed by atoms with Gasteiger partial charge in [0.1, 0.15) is 17.7 Å². The lowest BCUT2D eigenvalue weighted by Crippen LogP contribution is -2.45. The van der Waals surface area contributed by atoms with Crippen molar-refractivity contribution in [3.05, 3.63) is 139 Å². The van der Waals surface area contributed by atoms with Gasteiger partial charge in [-0.05, 0) is 78.5 Å². The first kappa shape index (κ1) is 36.0. The molecular formula is C46H49N7O2. The molecule has 2 aliphatic rings. The summed E-state index contributed by atoms with van der Waals surface area (Å²) in [5.74, 6) is 1.88. The first-order valence-corrected chi connectivity index (χ1v) is 19.6. The Bertz CT molecular complexity index is 2210. The molecule has 4 atom stereocenters. The maximum atomic E-state index is 13.9. The summed E-state index contributed by atoms with van der Waals surface area (Å²) in [5.41, 5.74) is 8.20. The number of carbonyl (C=O) groups is 2. The van der Waals surface area contributed by atoms with E-state index in [1.807, 2.05) is 89.8 Å². The first-order chi connectivity index (χ1) is 26.8. The highest BCUT2D eigenvalue weighted by Crippen LogP contribution is 2.36. The number of aromatic amines is 2. The average Bonchev–Trinajstić information content (AvgIpc) is 4.07. The van der Waals surface area contributed by atoms with Crippen molar-refractivity contribution < 1.29 is 9.59 Å². The maximum Gasteiger partial charge on any atom is 0.245 e. The second kappa shape index (κ2) is 15.8. The van der Waals surface area contributed by atoms with E-state index < -0.39 is 0 Å². The lowest BCUT2D eigenvalue weighted by molar-refractivity contribution is -0.134. The van der Waals surface area contributed by atoms with Gasteiger partial charge in [-0.15, -0.1) is 0 Å². The number of hydrogen-bond acceptors (Lipinski definition) is 5. The molecule has 2 saturated heterocycles. The van der Waals surface area contributed by atoms with E-state index >= 15 is 0 Å². The number of anilines is 1. The standard InChI is InChI=1S/C46H49N7O2/c1-30(2)42(49-37-14-8-5-9-15-37)46(55)53-27-11-17-41(53)44-48-29-39(51-44)36-24-20-34(21-25-36)33-18-22-35(23-19-33)38-28-47-43(50-38)40-16-10-26-52(40)45(54)31(3)32-12-6-4-7-13-32/h4-9,12-15,18-25,28-31,40-42,49H,10-11,16-17,26-27H2,1-3H3,(H,47,50)(H,48,51)/t31-,40+,41+,42+/m1/s1. The Morgan fingerprint density at radius 2 is 1.07 bits per heavy atom. The summed E-state index contributed by atoms with van der Waals surface area (Å²) in [5, 5.41) is 3.47. The number of aromatic nitrogens is 4. The largest absolute Gasteiger partial charge is 0.373 e. The third kappa shape index (κ3) is 7.56. The molecule has 0 bridgehead atoms. The third-order valence-corrected chi connectivity index (χ3v) is 11.3. The number of para-hydroxylation sites is 1. The van der Waals surface area contributed by atoms with Gasteiger partial charge in [0, 0.05) is 18.8 Å². The van der Waals surface area contributed by atoms with E-state index in [2.05, 4.69) is 77.7 Å². The molecule has 2 fully saturated rings. The van der Waals surface area contributed by atoms with E-state index in [0.29, 0.717) is 0 Å². The highest BCUT2D eigenvalue weighted by atomic mass is 16.2. The van der Waals surface area contributed by atoms with Crippen molar-refractivity contribution in [1.29, 1.82) is 0 Å². The fraction of sp³-hybridized carbons (Fsp3) is 0.304. The summed E-state index contributed by atoms with van der Waals surface area (Å²) in [4.78, 5) is 48.0. The number of hydrogen-bond donors (Lipinski definition) is 3. The molecule has 2 amide bonds. The van der Waals surface area contributed by atoms with Crippen molar-refractivity contribution in [3.8, 4) is 33.6 Å². The number of carbonyl (C=O) groups excluding carboxylic acids is 2. The van der Waals surface area contributed by atoms with E-state index in [1.165, 1.54) is 0 Å². The van der Waals surface area contributed by atoms with Crippen LogP contribution in [0.5, 0.6) is 0 Å². The van der Waals surface area contributed by atoms with E-state index in [9.17, 15) is 9.59 Å². The zero-order chi connectivity index (χ0) is 37.9. The molecule has 280 valence electrons. The van der Waals surface area contributed by atoms with Crippen LogP contribution in [0, 0.1) is 5.92 Å². The summed E-state index contributed by atoms with van der Waals surface area (Å²) in [6.45, 7) is 7.64. The first-order valence-electron chi connectivity index (χ1n) is 19.6. The lowest BCUT2D eigenvalue weighted by Gasteiger charge is -2.31. The molecular weight excluding hydrogens is 683 g/mol. The lowest BCUT2D eigenvalue weighted by atomic mass is 9.99. The highest BCUT2D eigenvalue weighted by Gasteiger charge is 2.37. The van der Waals surface area contributed by atoms with Crippen LogP contribution >= 0.6 is 0 Å². The molecule has 2 aliphatic heterocycles. The van der Waals surface area contributed by atoms with Gasteiger partial charge in [0.15, 0.2) is 0 Å². The van der Waals surface area contributed by atoms with E-state index in [4.69, 9.17) is 9.97 Å². The molecule has 4 heterocycles. The molecule has 8 rings (SSSR count). The minimum Gasteiger partial charge on any atom is -0.373 e. The molecule has 6 aromatic rings. The summed E-state index contributed by atoms with van der Waals surface area (Å²) in [6, 6.07) is 36.5. The summed E-state index contributed by atoms with van der Waals surface area (Å²) < 4.78 is 0. The van der Waals surface area contributed by atoms with Crippen LogP contribution in [0.1, 0.15) is 81.7 Å². The van der Waals surface area contributed by atoms with Crippen LogP contribution in [-0.2, 0) is 9.59 Å². The van der Waals surface area contributed by atoms with E-state index in [-0.39, 0.29) is 41.8 Å². The monoisotopic (exact) mass is 731 g/mol. The number of rotatable bonds is 11. The maximum absolute atomic E-state index is 13.9. The predicted octanol–water partition coefficient (Wildman–Crippen LogP) is 9.40. The van der Waals surface area contributed by atoms with Gasteiger partial charge in [-0.3, -0.25) is 9.59 Å². The van der Waals surface area contributed by atoms with Crippen LogP contribution in [0.3, 0.4) is 0 Å². The molecule has 9 nitrogen and oxygen atoms in total. The van der Waals surface area contributed by atoms with Crippen LogP contribution in [0.4, 0.5) is 5.69 Å². The van der Waals surface area contributed by atoms with Gasteiger partial charge in [0.25, 0.3) is 0 Å². The van der Waals surface area contributed by atoms with Gasteiger partial charge in [0.2, 0.25) is 11.8 Å². The molecule has 9 heteroatoms. The molecule has 3 N–H and O–H groups in total. The SMILES string of the molecule is CC(C)[C@H](Nc1ccccc1)C(=O)N1CCC[C@H]1c1ncc(-c2ccc(-c3ccc(-c4cnc([C@@H]5CCCN5C(=O)[C@H](C)c5ccccc5)[nH]4)cc3)cc2)[nH]1. The number of nitrogens with one attached hydrogen (secondary N) is 3. The quantitative estimate of drug-likeness (QED) is 0.123. The van der Waals surface area contributed by atoms with Crippen molar-refractivity contribution in [2.24, 2.45) is 5.92 Å². The molecule has 0 aliphatic carbocycles. The van der Waals surface area contributed by atoms with Crippen LogP contribution in [0.2, 0.25) is 0 Å². The summed E-state index contributed by atoms with van der Waals surface area (Å²) in [6.07, 6.45) is 7.47. The zero-order valence-corrected chi connectivity index (χ0v) is 31.8. The van der Waals surface area contributed by atoms with Gasteiger partial charge in [-0.2, -0.15) is 0 Å². The van der Waals surface area contributed by atoms with Gasteiger partial charge in [-0.1, -0.05) is 111 Å². The Morgan fingerprint density at radius 1 is 0.618 bits per heavy atom. The molecule has 0 unspecified atom stereocenters. The predicted molar refractivity (Wildman–Crippen MR) is 218 cm³/mol. The minimum absolute atomic E-state index is 0.0461. The van der Waals surface area contributed by atoms with Crippen LogP contribution in [-0.4, -0.2) is 60.7 Å². The van der Waals surface area contributed by atoms with Gasteiger partial charge in [-0.25, -0.2) is 9.97 Å². The fourth-order valence-corrected chi connectivity index (χ4v) is 8.16.